The SMILES string of the molecule is COC(=O)Cc1c(OC(F)F)ccc(Br)c1F. The fourth-order valence-electron chi connectivity index (χ4n) is 1.16. The van der Waals surface area contributed by atoms with Crippen molar-refractivity contribution < 1.29 is 27.4 Å². The summed E-state index contributed by atoms with van der Waals surface area (Å²) in [4.78, 5) is 11.0. The predicted octanol–water partition coefficient (Wildman–Crippen LogP) is 2.91. The van der Waals surface area contributed by atoms with E-state index in [2.05, 4.69) is 25.4 Å². The van der Waals surface area contributed by atoms with Crippen molar-refractivity contribution >= 4 is 21.9 Å². The van der Waals surface area contributed by atoms with E-state index < -0.39 is 24.8 Å². The molecule has 0 fully saturated rings. The Bertz CT molecular complexity index is 424. The van der Waals surface area contributed by atoms with Crippen molar-refractivity contribution in [2.24, 2.45) is 0 Å². The molecule has 1 aromatic carbocycles. The predicted molar refractivity (Wildman–Crippen MR) is 56.5 cm³/mol. The lowest BCUT2D eigenvalue weighted by Gasteiger charge is -2.11. The third kappa shape index (κ3) is 3.62. The highest BCUT2D eigenvalue weighted by Gasteiger charge is 2.19. The summed E-state index contributed by atoms with van der Waals surface area (Å²) in [6, 6.07) is 2.37. The number of ether oxygens (including phenoxy) is 2. The van der Waals surface area contributed by atoms with Crippen LogP contribution in [-0.2, 0) is 16.0 Å². The maximum atomic E-state index is 13.6. The molecule has 0 bridgehead atoms. The van der Waals surface area contributed by atoms with Gasteiger partial charge in [-0.3, -0.25) is 4.79 Å². The molecule has 0 N–H and O–H groups in total. The van der Waals surface area contributed by atoms with E-state index in [0.717, 1.165) is 13.2 Å². The van der Waals surface area contributed by atoms with Gasteiger partial charge in [-0.05, 0) is 28.1 Å². The van der Waals surface area contributed by atoms with Crippen molar-refractivity contribution in [3.05, 3.63) is 28.0 Å². The van der Waals surface area contributed by atoms with Crippen LogP contribution in [0.3, 0.4) is 0 Å². The number of esters is 1. The smallest absolute Gasteiger partial charge is 0.387 e. The van der Waals surface area contributed by atoms with Crippen molar-refractivity contribution in [2.45, 2.75) is 13.0 Å². The van der Waals surface area contributed by atoms with Crippen LogP contribution in [0.1, 0.15) is 5.56 Å². The summed E-state index contributed by atoms with van der Waals surface area (Å²) in [7, 11) is 1.12. The lowest BCUT2D eigenvalue weighted by molar-refractivity contribution is -0.140. The van der Waals surface area contributed by atoms with Crippen molar-refractivity contribution in [2.75, 3.05) is 7.11 Å². The molecular formula is C10H8BrF3O3. The van der Waals surface area contributed by atoms with Gasteiger partial charge in [0, 0.05) is 5.56 Å². The number of methoxy groups -OCH3 is 1. The number of hydrogen-bond donors (Lipinski definition) is 0. The first-order valence-corrected chi connectivity index (χ1v) is 5.23. The Hall–Kier alpha value is -1.24. The topological polar surface area (TPSA) is 35.5 Å². The molecule has 0 aliphatic carbocycles. The number of carbonyl (C=O) groups excluding carboxylic acids is 1. The molecule has 1 rings (SSSR count). The zero-order chi connectivity index (χ0) is 13.0. The van der Waals surface area contributed by atoms with E-state index in [4.69, 9.17) is 0 Å². The molecule has 0 aliphatic rings. The second-order valence-electron chi connectivity index (χ2n) is 2.97. The molecule has 1 aromatic rings. The van der Waals surface area contributed by atoms with Crippen LogP contribution in [0.4, 0.5) is 13.2 Å². The minimum Gasteiger partial charge on any atom is -0.469 e. The molecule has 94 valence electrons. The van der Waals surface area contributed by atoms with E-state index in [0.29, 0.717) is 0 Å². The van der Waals surface area contributed by atoms with Crippen LogP contribution in [0.5, 0.6) is 5.75 Å². The first-order chi connectivity index (χ1) is 7.95. The van der Waals surface area contributed by atoms with Gasteiger partial charge < -0.3 is 9.47 Å². The number of rotatable bonds is 4. The van der Waals surface area contributed by atoms with Gasteiger partial charge in [-0.25, -0.2) is 4.39 Å². The number of carbonyl (C=O) groups is 1. The summed E-state index contributed by atoms with van der Waals surface area (Å²) in [5.41, 5.74) is -0.272. The van der Waals surface area contributed by atoms with Crippen molar-refractivity contribution in [1.29, 1.82) is 0 Å². The Morgan fingerprint density at radius 3 is 2.65 bits per heavy atom. The Morgan fingerprint density at radius 1 is 1.47 bits per heavy atom. The first kappa shape index (κ1) is 13.8. The average molecular weight is 313 g/mol. The van der Waals surface area contributed by atoms with E-state index in [1.54, 1.807) is 0 Å². The van der Waals surface area contributed by atoms with Gasteiger partial charge in [0.15, 0.2) is 0 Å². The molecule has 0 unspecified atom stereocenters. The zero-order valence-electron chi connectivity index (χ0n) is 8.68. The standard InChI is InChI=1S/C10H8BrF3O3/c1-16-8(15)4-5-7(17-10(13)14)3-2-6(11)9(5)12/h2-3,10H,4H2,1H3. The third-order valence-electron chi connectivity index (χ3n) is 1.92. The molecule has 0 radical (unpaired) electrons. The Kier molecular flexibility index (Phi) is 4.80. The molecule has 0 saturated carbocycles. The molecule has 0 atom stereocenters. The van der Waals surface area contributed by atoms with Gasteiger partial charge in [0.2, 0.25) is 0 Å². The average Bonchev–Trinajstić information content (AvgIpc) is 2.27. The van der Waals surface area contributed by atoms with Crippen molar-refractivity contribution in [3.63, 3.8) is 0 Å². The van der Waals surface area contributed by atoms with E-state index >= 15 is 0 Å². The molecule has 0 amide bonds. The van der Waals surface area contributed by atoms with Crippen LogP contribution in [0.15, 0.2) is 16.6 Å². The Balaban J connectivity index is 3.11. The number of halogens is 4. The maximum absolute atomic E-state index is 13.6. The third-order valence-corrected chi connectivity index (χ3v) is 2.53. The van der Waals surface area contributed by atoms with E-state index in [1.807, 2.05) is 0 Å². The monoisotopic (exact) mass is 312 g/mol. The minimum absolute atomic E-state index is 0.0537. The van der Waals surface area contributed by atoms with Gasteiger partial charge in [-0.1, -0.05) is 0 Å². The van der Waals surface area contributed by atoms with Crippen LogP contribution in [0, 0.1) is 5.82 Å². The first-order valence-electron chi connectivity index (χ1n) is 4.44. The molecule has 0 aromatic heterocycles. The molecule has 17 heavy (non-hydrogen) atoms. The fourth-order valence-corrected chi connectivity index (χ4v) is 1.53. The molecule has 0 spiro atoms. The Morgan fingerprint density at radius 2 is 2.12 bits per heavy atom. The second kappa shape index (κ2) is 5.90. The van der Waals surface area contributed by atoms with Crippen LogP contribution < -0.4 is 4.74 Å². The van der Waals surface area contributed by atoms with E-state index in [9.17, 15) is 18.0 Å². The summed E-state index contributed by atoms with van der Waals surface area (Å²) in [6.45, 7) is -3.09. The van der Waals surface area contributed by atoms with Crippen molar-refractivity contribution in [1.82, 2.24) is 0 Å². The van der Waals surface area contributed by atoms with Gasteiger partial charge >= 0.3 is 12.6 Å². The molecule has 7 heteroatoms. The van der Waals surface area contributed by atoms with Crippen LogP contribution in [-0.4, -0.2) is 19.7 Å². The second-order valence-corrected chi connectivity index (χ2v) is 3.82. The van der Waals surface area contributed by atoms with E-state index in [-0.39, 0.29) is 15.8 Å². The minimum atomic E-state index is -3.09. The van der Waals surface area contributed by atoms with Gasteiger partial charge in [-0.2, -0.15) is 8.78 Å². The normalized spacial score (nSPS) is 10.5. The van der Waals surface area contributed by atoms with Crippen LogP contribution >= 0.6 is 15.9 Å². The summed E-state index contributed by atoms with van der Waals surface area (Å²) in [6.07, 6.45) is -0.482. The lowest BCUT2D eigenvalue weighted by Crippen LogP contribution is -2.11. The van der Waals surface area contributed by atoms with Gasteiger partial charge in [0.05, 0.1) is 18.0 Å². The molecule has 0 heterocycles. The highest BCUT2D eigenvalue weighted by molar-refractivity contribution is 9.10. The van der Waals surface area contributed by atoms with Gasteiger partial charge in [0.25, 0.3) is 0 Å². The quantitative estimate of drug-likeness (QED) is 0.802. The highest BCUT2D eigenvalue weighted by Crippen LogP contribution is 2.29. The van der Waals surface area contributed by atoms with Gasteiger partial charge in [-0.15, -0.1) is 0 Å². The zero-order valence-corrected chi connectivity index (χ0v) is 10.3. The highest BCUT2D eigenvalue weighted by atomic mass is 79.9. The van der Waals surface area contributed by atoms with E-state index in [1.165, 1.54) is 6.07 Å². The number of benzene rings is 1. The largest absolute Gasteiger partial charge is 0.469 e. The molecule has 3 nitrogen and oxygen atoms in total. The summed E-state index contributed by atoms with van der Waals surface area (Å²) >= 11 is 2.89. The summed E-state index contributed by atoms with van der Waals surface area (Å²) < 4.78 is 46.3. The molecular weight excluding hydrogens is 305 g/mol. The van der Waals surface area contributed by atoms with Crippen LogP contribution in [0.25, 0.3) is 0 Å². The molecule has 0 aliphatic heterocycles. The maximum Gasteiger partial charge on any atom is 0.387 e. The number of alkyl halides is 2. The van der Waals surface area contributed by atoms with Crippen molar-refractivity contribution in [3.8, 4) is 5.75 Å². The lowest BCUT2D eigenvalue weighted by atomic mass is 10.1. The Labute approximate surface area is 104 Å². The van der Waals surface area contributed by atoms with Crippen LogP contribution in [0.2, 0.25) is 0 Å². The summed E-state index contributed by atoms with van der Waals surface area (Å²) in [5.74, 6) is -1.96. The molecule has 0 saturated heterocycles. The van der Waals surface area contributed by atoms with Gasteiger partial charge in [0.1, 0.15) is 11.6 Å². The fraction of sp³-hybridized carbons (Fsp3) is 0.300. The summed E-state index contributed by atoms with van der Waals surface area (Å²) in [5, 5.41) is 0. The number of hydrogen-bond acceptors (Lipinski definition) is 3.